The van der Waals surface area contributed by atoms with Crippen LogP contribution in [0.3, 0.4) is 0 Å². The molecule has 0 atom stereocenters. The lowest BCUT2D eigenvalue weighted by Crippen LogP contribution is -1.94. The first kappa shape index (κ1) is 14.1. The number of fused-ring (bicyclic) bond motifs is 1. The van der Waals surface area contributed by atoms with E-state index in [-0.39, 0.29) is 0 Å². The zero-order valence-corrected chi connectivity index (χ0v) is 14.3. The van der Waals surface area contributed by atoms with Crippen LogP contribution in [-0.2, 0) is 0 Å². The van der Waals surface area contributed by atoms with Crippen molar-refractivity contribution in [1.29, 1.82) is 0 Å². The molecule has 0 amide bonds. The third kappa shape index (κ3) is 2.08. The Morgan fingerprint density at radius 2 is 2.08 bits per heavy atom. The lowest BCUT2D eigenvalue weighted by atomic mass is 10.1. The van der Waals surface area contributed by atoms with Crippen LogP contribution in [0.4, 0.5) is 0 Å². The molecule has 6 nitrogen and oxygen atoms in total. The summed E-state index contributed by atoms with van der Waals surface area (Å²) in [5.41, 5.74) is 2.40. The highest BCUT2D eigenvalue weighted by Crippen LogP contribution is 2.42. The molecule has 0 aliphatic heterocycles. The summed E-state index contributed by atoms with van der Waals surface area (Å²) in [7, 11) is 0. The molecule has 120 valence electrons. The van der Waals surface area contributed by atoms with Crippen LogP contribution in [-0.4, -0.2) is 25.0 Å². The van der Waals surface area contributed by atoms with E-state index in [1.54, 1.807) is 0 Å². The van der Waals surface area contributed by atoms with Crippen LogP contribution in [0, 0.1) is 6.92 Å². The summed E-state index contributed by atoms with van der Waals surface area (Å²) in [6.45, 7) is 1.88. The minimum atomic E-state index is 0.488. The fourth-order valence-corrected chi connectivity index (χ4v) is 3.96. The van der Waals surface area contributed by atoms with Crippen LogP contribution in [0.2, 0.25) is 5.02 Å². The van der Waals surface area contributed by atoms with Crippen molar-refractivity contribution in [3.05, 3.63) is 40.9 Å². The van der Waals surface area contributed by atoms with Gasteiger partial charge in [0.1, 0.15) is 11.5 Å². The Labute approximate surface area is 146 Å². The van der Waals surface area contributed by atoms with Gasteiger partial charge in [0.15, 0.2) is 10.8 Å². The maximum atomic E-state index is 6.33. The maximum absolute atomic E-state index is 6.33. The molecule has 0 unspecified atom stereocenters. The molecule has 5 rings (SSSR count). The zero-order valence-electron chi connectivity index (χ0n) is 12.7. The van der Waals surface area contributed by atoms with E-state index in [9.17, 15) is 0 Å². The van der Waals surface area contributed by atoms with E-state index in [4.69, 9.17) is 21.2 Å². The molecule has 3 heterocycles. The highest BCUT2D eigenvalue weighted by molar-refractivity contribution is 7.19. The quantitative estimate of drug-likeness (QED) is 0.545. The summed E-state index contributed by atoms with van der Waals surface area (Å²) in [6, 6.07) is 7.59. The SMILES string of the molecule is Cc1onc(-c2ccccc2Cl)c1-c1nn2c(C3CC3)nnc2s1. The van der Waals surface area contributed by atoms with Gasteiger partial charge in [-0.15, -0.1) is 10.2 Å². The van der Waals surface area contributed by atoms with E-state index in [1.165, 1.54) is 11.3 Å². The molecule has 1 aliphatic rings. The van der Waals surface area contributed by atoms with E-state index in [2.05, 4.69) is 15.4 Å². The minimum Gasteiger partial charge on any atom is -0.360 e. The summed E-state index contributed by atoms with van der Waals surface area (Å²) in [6.07, 6.45) is 2.32. The number of hydrogen-bond donors (Lipinski definition) is 0. The van der Waals surface area contributed by atoms with E-state index < -0.39 is 0 Å². The first-order valence-corrected chi connectivity index (χ1v) is 8.85. The van der Waals surface area contributed by atoms with Crippen LogP contribution < -0.4 is 0 Å². The summed E-state index contributed by atoms with van der Waals surface area (Å²) in [5, 5.41) is 18.9. The lowest BCUT2D eigenvalue weighted by molar-refractivity contribution is 0.400. The predicted molar refractivity (Wildman–Crippen MR) is 91.3 cm³/mol. The average molecular weight is 358 g/mol. The highest BCUT2D eigenvalue weighted by atomic mass is 35.5. The van der Waals surface area contributed by atoms with Gasteiger partial charge >= 0.3 is 0 Å². The number of rotatable bonds is 3. The van der Waals surface area contributed by atoms with Gasteiger partial charge in [0.2, 0.25) is 4.96 Å². The van der Waals surface area contributed by atoms with Crippen molar-refractivity contribution in [2.45, 2.75) is 25.7 Å². The topological polar surface area (TPSA) is 69.1 Å². The molecule has 0 radical (unpaired) electrons. The van der Waals surface area contributed by atoms with E-state index in [1.807, 2.05) is 35.7 Å². The number of nitrogens with zero attached hydrogens (tertiary/aromatic N) is 5. The number of aryl methyl sites for hydroxylation is 1. The monoisotopic (exact) mass is 357 g/mol. The maximum Gasteiger partial charge on any atom is 0.234 e. The Bertz CT molecular complexity index is 1060. The molecule has 1 fully saturated rings. The van der Waals surface area contributed by atoms with Gasteiger partial charge in [-0.3, -0.25) is 0 Å². The molecular formula is C16H12ClN5OS. The Balaban J connectivity index is 1.70. The molecule has 0 N–H and O–H groups in total. The Morgan fingerprint density at radius 3 is 2.88 bits per heavy atom. The largest absolute Gasteiger partial charge is 0.360 e. The molecule has 0 spiro atoms. The van der Waals surface area contributed by atoms with Gasteiger partial charge in [0, 0.05) is 11.5 Å². The van der Waals surface area contributed by atoms with Gasteiger partial charge in [0.05, 0.1) is 10.6 Å². The fraction of sp³-hybridized carbons (Fsp3) is 0.250. The standard InChI is InChI=1S/C16H12ClN5OS/c1-8-12(13(21-23-8)10-4-2-3-5-11(10)17)15-20-22-14(9-6-7-9)18-19-16(22)24-15/h2-5,9H,6-7H2,1H3. The fourth-order valence-electron chi connectivity index (χ4n) is 2.79. The van der Waals surface area contributed by atoms with Gasteiger partial charge in [-0.25, -0.2) is 0 Å². The molecule has 0 saturated heterocycles. The summed E-state index contributed by atoms with van der Waals surface area (Å²) in [5.74, 6) is 2.14. The molecule has 0 bridgehead atoms. The third-order valence-electron chi connectivity index (χ3n) is 4.16. The number of aromatic nitrogens is 5. The van der Waals surface area contributed by atoms with Crippen LogP contribution >= 0.6 is 22.9 Å². The third-order valence-corrected chi connectivity index (χ3v) is 5.41. The lowest BCUT2D eigenvalue weighted by Gasteiger charge is -2.01. The van der Waals surface area contributed by atoms with Crippen molar-refractivity contribution in [3.63, 3.8) is 0 Å². The average Bonchev–Trinajstić information content (AvgIpc) is 3.04. The summed E-state index contributed by atoms with van der Waals surface area (Å²) in [4.78, 5) is 0.789. The molecule has 1 saturated carbocycles. The van der Waals surface area contributed by atoms with E-state index >= 15 is 0 Å². The predicted octanol–water partition coefficient (Wildman–Crippen LogP) is 4.35. The summed E-state index contributed by atoms with van der Waals surface area (Å²) >= 11 is 7.82. The molecule has 3 aromatic heterocycles. The Morgan fingerprint density at radius 1 is 1.25 bits per heavy atom. The van der Waals surface area contributed by atoms with Gasteiger partial charge < -0.3 is 4.52 Å². The van der Waals surface area contributed by atoms with E-state index in [0.29, 0.717) is 22.4 Å². The van der Waals surface area contributed by atoms with Crippen molar-refractivity contribution in [2.24, 2.45) is 0 Å². The number of hydrogen-bond acceptors (Lipinski definition) is 6. The smallest absolute Gasteiger partial charge is 0.234 e. The normalized spacial score (nSPS) is 14.6. The molecule has 4 aromatic rings. The zero-order chi connectivity index (χ0) is 16.3. The van der Waals surface area contributed by atoms with Crippen molar-refractivity contribution in [2.75, 3.05) is 0 Å². The van der Waals surface area contributed by atoms with Crippen molar-refractivity contribution >= 4 is 27.9 Å². The second-order valence-corrected chi connectivity index (χ2v) is 7.24. The molecular weight excluding hydrogens is 346 g/mol. The molecule has 8 heteroatoms. The second kappa shape index (κ2) is 5.12. The highest BCUT2D eigenvalue weighted by Gasteiger charge is 2.31. The number of halogens is 1. The van der Waals surface area contributed by atoms with Crippen LogP contribution in [0.5, 0.6) is 0 Å². The van der Waals surface area contributed by atoms with Crippen LogP contribution in [0.25, 0.3) is 26.8 Å². The van der Waals surface area contributed by atoms with Crippen molar-refractivity contribution in [1.82, 2.24) is 25.0 Å². The van der Waals surface area contributed by atoms with Gasteiger partial charge in [-0.2, -0.15) is 9.61 Å². The number of benzene rings is 1. The van der Waals surface area contributed by atoms with Gasteiger partial charge in [0.25, 0.3) is 0 Å². The van der Waals surface area contributed by atoms with E-state index in [0.717, 1.165) is 39.8 Å². The first-order valence-electron chi connectivity index (χ1n) is 7.66. The van der Waals surface area contributed by atoms with Crippen LogP contribution in [0.1, 0.15) is 30.3 Å². The van der Waals surface area contributed by atoms with Gasteiger partial charge in [-0.05, 0) is 25.8 Å². The van der Waals surface area contributed by atoms with Crippen molar-refractivity contribution in [3.8, 4) is 21.8 Å². The minimum absolute atomic E-state index is 0.488. The second-order valence-electron chi connectivity index (χ2n) is 5.88. The molecule has 1 aromatic carbocycles. The molecule has 1 aliphatic carbocycles. The summed E-state index contributed by atoms with van der Waals surface area (Å²) < 4.78 is 7.28. The first-order chi connectivity index (χ1) is 11.7. The Kier molecular flexibility index (Phi) is 3.01. The molecule has 24 heavy (non-hydrogen) atoms. The Hall–Kier alpha value is -2.25. The van der Waals surface area contributed by atoms with Crippen molar-refractivity contribution < 1.29 is 4.52 Å². The van der Waals surface area contributed by atoms with Crippen LogP contribution in [0.15, 0.2) is 28.8 Å². The van der Waals surface area contributed by atoms with Gasteiger partial charge in [-0.1, -0.05) is 46.3 Å².